The minimum absolute atomic E-state index is 0.0493. The van der Waals surface area contributed by atoms with Crippen LogP contribution in [0.2, 0.25) is 5.02 Å². The molecule has 144 valence electrons. The molecule has 1 aliphatic heterocycles. The molecular formula is C20H21ClN6O. The first-order valence-corrected chi connectivity index (χ1v) is 9.53. The van der Waals surface area contributed by atoms with Gasteiger partial charge in [-0.05, 0) is 35.9 Å². The van der Waals surface area contributed by atoms with Gasteiger partial charge in [0.05, 0.1) is 0 Å². The fraction of sp³-hybridized carbons (Fsp3) is 0.250. The summed E-state index contributed by atoms with van der Waals surface area (Å²) in [5.74, 6) is 0.777. The highest BCUT2D eigenvalue weighted by Gasteiger charge is 2.21. The topological polar surface area (TPSA) is 66.3 Å². The van der Waals surface area contributed by atoms with Gasteiger partial charge in [-0.15, -0.1) is 0 Å². The molecule has 4 rings (SSSR count). The summed E-state index contributed by atoms with van der Waals surface area (Å²) in [6.45, 7) is 3.38. The number of carbonyl (C=O) groups excluding carboxylic acids is 1. The van der Waals surface area contributed by atoms with Crippen LogP contribution in [0.15, 0.2) is 61.3 Å². The molecule has 2 amide bonds. The molecule has 1 N–H and O–H groups in total. The number of benzene rings is 1. The van der Waals surface area contributed by atoms with E-state index in [1.165, 1.54) is 0 Å². The Morgan fingerprint density at radius 1 is 1.11 bits per heavy atom. The van der Waals surface area contributed by atoms with Crippen molar-refractivity contribution in [1.82, 2.24) is 24.8 Å². The van der Waals surface area contributed by atoms with Gasteiger partial charge in [-0.1, -0.05) is 17.7 Å². The van der Waals surface area contributed by atoms with Crippen molar-refractivity contribution < 1.29 is 4.79 Å². The van der Waals surface area contributed by atoms with E-state index >= 15 is 0 Å². The molecule has 0 atom stereocenters. The van der Waals surface area contributed by atoms with Crippen LogP contribution in [-0.2, 0) is 6.54 Å². The third kappa shape index (κ3) is 4.26. The molecule has 8 heteroatoms. The van der Waals surface area contributed by atoms with Crippen molar-refractivity contribution >= 4 is 23.3 Å². The van der Waals surface area contributed by atoms with Gasteiger partial charge in [0.2, 0.25) is 0 Å². The fourth-order valence-corrected chi connectivity index (χ4v) is 3.42. The molecular weight excluding hydrogens is 376 g/mol. The number of hydrogen-bond acceptors (Lipinski definition) is 4. The first kappa shape index (κ1) is 18.3. The monoisotopic (exact) mass is 396 g/mol. The average Bonchev–Trinajstić information content (AvgIpc) is 3.27. The largest absolute Gasteiger partial charge is 0.368 e. The summed E-state index contributed by atoms with van der Waals surface area (Å²) in [6.07, 6.45) is 6.98. The summed E-state index contributed by atoms with van der Waals surface area (Å²) >= 11 is 6.08. The molecule has 0 aliphatic carbocycles. The zero-order valence-electron chi connectivity index (χ0n) is 15.3. The zero-order chi connectivity index (χ0) is 19.3. The van der Waals surface area contributed by atoms with E-state index in [0.717, 1.165) is 35.2 Å². The van der Waals surface area contributed by atoms with Gasteiger partial charge in [0, 0.05) is 62.0 Å². The van der Waals surface area contributed by atoms with Crippen molar-refractivity contribution in [2.24, 2.45) is 0 Å². The zero-order valence-corrected chi connectivity index (χ0v) is 16.1. The molecule has 1 aromatic carbocycles. The number of urea groups is 1. The number of anilines is 1. The van der Waals surface area contributed by atoms with E-state index in [1.54, 1.807) is 18.7 Å². The lowest BCUT2D eigenvalue weighted by atomic mass is 10.2. The van der Waals surface area contributed by atoms with Crippen LogP contribution in [-0.4, -0.2) is 51.6 Å². The Morgan fingerprint density at radius 3 is 2.71 bits per heavy atom. The second-order valence-corrected chi connectivity index (χ2v) is 7.04. The molecule has 1 saturated heterocycles. The first-order chi connectivity index (χ1) is 13.7. The Bertz CT molecular complexity index is 937. The van der Waals surface area contributed by atoms with Gasteiger partial charge in [-0.2, -0.15) is 0 Å². The maximum absolute atomic E-state index is 12.5. The summed E-state index contributed by atoms with van der Waals surface area (Å²) in [4.78, 5) is 25.0. The minimum Gasteiger partial charge on any atom is -0.368 e. The highest BCUT2D eigenvalue weighted by Crippen LogP contribution is 2.20. The molecule has 3 aromatic rings. The van der Waals surface area contributed by atoms with Crippen molar-refractivity contribution in [3.63, 3.8) is 0 Å². The number of imidazole rings is 1. The van der Waals surface area contributed by atoms with Gasteiger partial charge < -0.3 is 15.1 Å². The number of nitrogens with zero attached hydrogens (tertiary/aromatic N) is 5. The number of piperazine rings is 1. The molecule has 0 radical (unpaired) electrons. The van der Waals surface area contributed by atoms with Gasteiger partial charge in [-0.3, -0.25) is 4.57 Å². The number of hydrogen-bond donors (Lipinski definition) is 1. The van der Waals surface area contributed by atoms with Crippen LogP contribution < -0.4 is 10.2 Å². The van der Waals surface area contributed by atoms with Crippen LogP contribution in [0.3, 0.4) is 0 Å². The van der Waals surface area contributed by atoms with Gasteiger partial charge in [0.25, 0.3) is 0 Å². The summed E-state index contributed by atoms with van der Waals surface area (Å²) in [5, 5.41) is 3.73. The fourth-order valence-electron chi connectivity index (χ4n) is 3.24. The van der Waals surface area contributed by atoms with Crippen LogP contribution in [0.25, 0.3) is 5.82 Å². The number of amides is 2. The number of halogens is 1. The summed E-state index contributed by atoms with van der Waals surface area (Å²) in [7, 11) is 0. The van der Waals surface area contributed by atoms with Gasteiger partial charge in [-0.25, -0.2) is 14.8 Å². The van der Waals surface area contributed by atoms with E-state index < -0.39 is 0 Å². The summed E-state index contributed by atoms with van der Waals surface area (Å²) in [5.41, 5.74) is 2.08. The molecule has 7 nitrogen and oxygen atoms in total. The van der Waals surface area contributed by atoms with Crippen molar-refractivity contribution in [2.45, 2.75) is 6.54 Å². The van der Waals surface area contributed by atoms with E-state index in [9.17, 15) is 4.79 Å². The number of pyridine rings is 1. The van der Waals surface area contributed by atoms with Gasteiger partial charge in [0.15, 0.2) is 0 Å². The smallest absolute Gasteiger partial charge is 0.317 e. The van der Waals surface area contributed by atoms with Crippen LogP contribution in [0.1, 0.15) is 5.56 Å². The quantitative estimate of drug-likeness (QED) is 0.736. The number of aromatic nitrogens is 3. The highest BCUT2D eigenvalue weighted by atomic mass is 35.5. The number of rotatable bonds is 4. The first-order valence-electron chi connectivity index (χ1n) is 9.15. The molecule has 0 unspecified atom stereocenters. The van der Waals surface area contributed by atoms with Crippen molar-refractivity contribution in [3.05, 3.63) is 71.9 Å². The summed E-state index contributed by atoms with van der Waals surface area (Å²) in [6, 6.07) is 11.6. The predicted octanol–water partition coefficient (Wildman–Crippen LogP) is 2.95. The maximum Gasteiger partial charge on any atom is 0.317 e. The number of carbonyl (C=O) groups is 1. The van der Waals surface area contributed by atoms with E-state index in [-0.39, 0.29) is 6.03 Å². The lowest BCUT2D eigenvalue weighted by Crippen LogP contribution is -2.51. The van der Waals surface area contributed by atoms with E-state index in [2.05, 4.69) is 20.2 Å². The highest BCUT2D eigenvalue weighted by molar-refractivity contribution is 6.30. The van der Waals surface area contributed by atoms with Crippen LogP contribution >= 0.6 is 11.6 Å². The molecule has 2 aromatic heterocycles. The Morgan fingerprint density at radius 2 is 1.96 bits per heavy atom. The molecule has 1 fully saturated rings. The van der Waals surface area contributed by atoms with Gasteiger partial charge in [0.1, 0.15) is 12.1 Å². The van der Waals surface area contributed by atoms with E-state index in [4.69, 9.17) is 11.6 Å². The van der Waals surface area contributed by atoms with Crippen LogP contribution in [0.4, 0.5) is 10.5 Å². The Hall–Kier alpha value is -3.06. The molecule has 0 bridgehead atoms. The summed E-state index contributed by atoms with van der Waals surface area (Å²) < 4.78 is 1.83. The molecule has 1 aliphatic rings. The lowest BCUT2D eigenvalue weighted by molar-refractivity contribution is 0.194. The van der Waals surface area contributed by atoms with Crippen LogP contribution in [0, 0.1) is 0 Å². The molecule has 0 saturated carbocycles. The second kappa shape index (κ2) is 8.31. The van der Waals surface area contributed by atoms with E-state index in [0.29, 0.717) is 19.6 Å². The normalized spacial score (nSPS) is 14.2. The Labute approximate surface area is 168 Å². The lowest BCUT2D eigenvalue weighted by Gasteiger charge is -2.36. The molecule has 3 heterocycles. The third-order valence-corrected chi connectivity index (χ3v) is 5.00. The van der Waals surface area contributed by atoms with Crippen LogP contribution in [0.5, 0.6) is 0 Å². The Kier molecular flexibility index (Phi) is 5.43. The molecule has 0 spiro atoms. The number of nitrogens with one attached hydrogen (secondary N) is 1. The molecule has 28 heavy (non-hydrogen) atoms. The maximum atomic E-state index is 12.5. The predicted molar refractivity (Wildman–Crippen MR) is 109 cm³/mol. The standard InChI is InChI=1S/C20H21ClN6O/c21-17-2-1-3-18(13-17)25-8-10-26(11-9-25)20(28)24-14-16-4-5-23-19(12-16)27-7-6-22-15-27/h1-7,12-13,15H,8-11,14H2,(H,24,28). The van der Waals surface area contributed by atoms with Crippen molar-refractivity contribution in [1.29, 1.82) is 0 Å². The van der Waals surface area contributed by atoms with E-state index in [1.807, 2.05) is 52.1 Å². The average molecular weight is 397 g/mol. The van der Waals surface area contributed by atoms with Crippen molar-refractivity contribution in [2.75, 3.05) is 31.1 Å². The van der Waals surface area contributed by atoms with Crippen molar-refractivity contribution in [3.8, 4) is 5.82 Å². The second-order valence-electron chi connectivity index (χ2n) is 6.60. The SMILES string of the molecule is O=C(NCc1ccnc(-n2ccnc2)c1)N1CCN(c2cccc(Cl)c2)CC1. The van der Waals surface area contributed by atoms with Gasteiger partial charge >= 0.3 is 6.03 Å². The third-order valence-electron chi connectivity index (χ3n) is 4.76. The minimum atomic E-state index is -0.0493. The Balaban J connectivity index is 1.30.